The quantitative estimate of drug-likeness (QED) is 0.672. The molecule has 1 aromatic carbocycles. The molecule has 1 aliphatic heterocycles. The Hall–Kier alpha value is -1.84. The zero-order chi connectivity index (χ0) is 9.71. The van der Waals surface area contributed by atoms with Gasteiger partial charge in [-0.1, -0.05) is 6.07 Å². The molecule has 70 valence electrons. The van der Waals surface area contributed by atoms with Crippen molar-refractivity contribution in [2.45, 2.75) is 6.54 Å². The van der Waals surface area contributed by atoms with Gasteiger partial charge >= 0.3 is 0 Å². The van der Waals surface area contributed by atoms with Crippen LogP contribution in [0.15, 0.2) is 18.2 Å². The van der Waals surface area contributed by atoms with Crippen molar-refractivity contribution in [3.8, 4) is 0 Å². The van der Waals surface area contributed by atoms with E-state index in [2.05, 4.69) is 10.2 Å². The van der Waals surface area contributed by atoms with Crippen molar-refractivity contribution in [1.29, 1.82) is 0 Å². The summed E-state index contributed by atoms with van der Waals surface area (Å²) in [5.41, 5.74) is 2.65. The number of aromatic amines is 1. The van der Waals surface area contributed by atoms with E-state index in [1.165, 1.54) is 0 Å². The van der Waals surface area contributed by atoms with Crippen LogP contribution in [-0.2, 0) is 6.54 Å². The van der Waals surface area contributed by atoms with Gasteiger partial charge in [0.15, 0.2) is 0 Å². The number of nitrogens with zero attached hydrogens (tertiary/aromatic N) is 2. The summed E-state index contributed by atoms with van der Waals surface area (Å²) in [6, 6.07) is 5.62. The van der Waals surface area contributed by atoms with E-state index < -0.39 is 0 Å². The van der Waals surface area contributed by atoms with Crippen LogP contribution >= 0.6 is 0 Å². The van der Waals surface area contributed by atoms with Gasteiger partial charge in [-0.15, -0.1) is 0 Å². The lowest BCUT2D eigenvalue weighted by Crippen LogP contribution is -2.29. The summed E-state index contributed by atoms with van der Waals surface area (Å²) in [6.45, 7) is 0.617. The molecule has 2 aromatic rings. The molecule has 14 heavy (non-hydrogen) atoms. The molecular weight excluding hydrogens is 178 g/mol. The van der Waals surface area contributed by atoms with Crippen LogP contribution in [0.3, 0.4) is 0 Å². The molecule has 3 rings (SSSR count). The van der Waals surface area contributed by atoms with Gasteiger partial charge in [-0.3, -0.25) is 9.89 Å². The van der Waals surface area contributed by atoms with Gasteiger partial charge in [0, 0.05) is 12.4 Å². The summed E-state index contributed by atoms with van der Waals surface area (Å²) in [6.07, 6.45) is 0. The molecule has 0 fully saturated rings. The normalized spacial score (nSPS) is 15.2. The van der Waals surface area contributed by atoms with Crippen LogP contribution in [0.4, 0.5) is 0 Å². The average Bonchev–Trinajstić information content (AvgIpc) is 2.59. The van der Waals surface area contributed by atoms with Gasteiger partial charge in [-0.05, 0) is 12.1 Å². The number of H-pyrrole nitrogens is 1. The van der Waals surface area contributed by atoms with Gasteiger partial charge in [0.1, 0.15) is 0 Å². The Balaban J connectivity index is 2.44. The number of rotatable bonds is 0. The fourth-order valence-corrected chi connectivity index (χ4v) is 1.94. The molecule has 4 heteroatoms. The first-order valence-electron chi connectivity index (χ1n) is 4.49. The predicted octanol–water partition coefficient (Wildman–Crippen LogP) is 1.15. The lowest BCUT2D eigenvalue weighted by Gasteiger charge is -2.21. The minimum atomic E-state index is 0.0736. The molecule has 4 nitrogen and oxygen atoms in total. The van der Waals surface area contributed by atoms with Gasteiger partial charge in [-0.2, -0.15) is 5.10 Å². The minimum absolute atomic E-state index is 0.0736. The Bertz CT molecular complexity index is 529. The van der Waals surface area contributed by atoms with Crippen LogP contribution in [0, 0.1) is 0 Å². The van der Waals surface area contributed by atoms with Crippen LogP contribution in [0.25, 0.3) is 10.9 Å². The highest BCUT2D eigenvalue weighted by Gasteiger charge is 2.24. The highest BCUT2D eigenvalue weighted by atomic mass is 16.2. The maximum atomic E-state index is 11.8. The van der Waals surface area contributed by atoms with Crippen molar-refractivity contribution in [3.63, 3.8) is 0 Å². The van der Waals surface area contributed by atoms with Gasteiger partial charge < -0.3 is 4.90 Å². The first kappa shape index (κ1) is 7.55. The second-order valence-electron chi connectivity index (χ2n) is 3.56. The fraction of sp³-hybridized carbons (Fsp3) is 0.200. The van der Waals surface area contributed by atoms with Crippen molar-refractivity contribution in [2.24, 2.45) is 0 Å². The van der Waals surface area contributed by atoms with E-state index in [1.54, 1.807) is 11.9 Å². The Morgan fingerprint density at radius 2 is 2.36 bits per heavy atom. The fourth-order valence-electron chi connectivity index (χ4n) is 1.94. The molecule has 0 unspecified atom stereocenters. The number of nitrogens with one attached hydrogen (secondary N) is 1. The Morgan fingerprint density at radius 1 is 1.50 bits per heavy atom. The maximum Gasteiger partial charge on any atom is 0.254 e. The lowest BCUT2D eigenvalue weighted by molar-refractivity contribution is 0.0779. The van der Waals surface area contributed by atoms with E-state index in [4.69, 9.17) is 0 Å². The zero-order valence-electron chi connectivity index (χ0n) is 7.74. The van der Waals surface area contributed by atoms with E-state index in [0.29, 0.717) is 6.54 Å². The summed E-state index contributed by atoms with van der Waals surface area (Å²) < 4.78 is 0. The number of aromatic nitrogens is 2. The largest absolute Gasteiger partial charge is 0.336 e. The SMILES string of the molecule is CN1Cc2[nH]nc3cccc(c23)C1=O. The van der Waals surface area contributed by atoms with E-state index in [1.807, 2.05) is 18.2 Å². The third-order valence-electron chi connectivity index (χ3n) is 2.63. The van der Waals surface area contributed by atoms with Crippen LogP contribution in [0.1, 0.15) is 16.1 Å². The van der Waals surface area contributed by atoms with E-state index in [9.17, 15) is 4.79 Å². The standard InChI is InChI=1S/C10H9N3O/c1-13-5-8-9-6(10(13)14)3-2-4-7(9)11-12-8/h2-4H,5H2,1H3,(H,11,12). The lowest BCUT2D eigenvalue weighted by atomic mass is 10.0. The van der Waals surface area contributed by atoms with Crippen molar-refractivity contribution < 1.29 is 4.79 Å². The van der Waals surface area contributed by atoms with Crippen molar-refractivity contribution in [2.75, 3.05) is 7.05 Å². The molecule has 0 spiro atoms. The number of benzene rings is 1. The number of hydrogen-bond acceptors (Lipinski definition) is 2. The highest BCUT2D eigenvalue weighted by Crippen LogP contribution is 2.26. The molecule has 1 N–H and O–H groups in total. The summed E-state index contributed by atoms with van der Waals surface area (Å²) in [4.78, 5) is 13.5. The minimum Gasteiger partial charge on any atom is -0.336 e. The Morgan fingerprint density at radius 3 is 3.21 bits per heavy atom. The third-order valence-corrected chi connectivity index (χ3v) is 2.63. The average molecular weight is 187 g/mol. The molecule has 0 saturated heterocycles. The third kappa shape index (κ3) is 0.775. The number of hydrogen-bond donors (Lipinski definition) is 1. The number of amides is 1. The molecule has 0 saturated carbocycles. The van der Waals surface area contributed by atoms with Gasteiger partial charge in [0.2, 0.25) is 0 Å². The highest BCUT2D eigenvalue weighted by molar-refractivity contribution is 6.08. The second-order valence-corrected chi connectivity index (χ2v) is 3.56. The van der Waals surface area contributed by atoms with Crippen LogP contribution in [0.2, 0.25) is 0 Å². The summed E-state index contributed by atoms with van der Waals surface area (Å²) >= 11 is 0. The first-order valence-corrected chi connectivity index (χ1v) is 4.49. The molecule has 0 bridgehead atoms. The molecule has 1 aliphatic rings. The maximum absolute atomic E-state index is 11.8. The zero-order valence-corrected chi connectivity index (χ0v) is 7.74. The van der Waals surface area contributed by atoms with E-state index in [-0.39, 0.29) is 5.91 Å². The van der Waals surface area contributed by atoms with Crippen molar-refractivity contribution >= 4 is 16.8 Å². The smallest absolute Gasteiger partial charge is 0.254 e. The first-order chi connectivity index (χ1) is 6.77. The summed E-state index contributed by atoms with van der Waals surface area (Å²) in [5, 5.41) is 8.10. The molecule has 0 atom stereocenters. The van der Waals surface area contributed by atoms with Crippen LogP contribution in [0.5, 0.6) is 0 Å². The predicted molar refractivity (Wildman–Crippen MR) is 51.9 cm³/mol. The Kier molecular flexibility index (Phi) is 1.27. The van der Waals surface area contributed by atoms with Crippen LogP contribution < -0.4 is 0 Å². The van der Waals surface area contributed by atoms with E-state index >= 15 is 0 Å². The molecule has 2 heterocycles. The Labute approximate surface area is 80.5 Å². The van der Waals surface area contributed by atoms with Gasteiger partial charge in [0.05, 0.1) is 23.3 Å². The monoisotopic (exact) mass is 187 g/mol. The molecule has 0 aliphatic carbocycles. The summed E-state index contributed by atoms with van der Waals surface area (Å²) in [7, 11) is 1.80. The van der Waals surface area contributed by atoms with Crippen molar-refractivity contribution in [1.82, 2.24) is 15.1 Å². The molecule has 1 aromatic heterocycles. The van der Waals surface area contributed by atoms with Crippen molar-refractivity contribution in [3.05, 3.63) is 29.5 Å². The topological polar surface area (TPSA) is 49.0 Å². The second kappa shape index (κ2) is 2.35. The number of carbonyl (C=O) groups is 1. The van der Waals surface area contributed by atoms with E-state index in [0.717, 1.165) is 22.2 Å². The van der Waals surface area contributed by atoms with Crippen LogP contribution in [-0.4, -0.2) is 28.1 Å². The molecule has 1 amide bonds. The van der Waals surface area contributed by atoms with Gasteiger partial charge in [-0.25, -0.2) is 0 Å². The molecular formula is C10H9N3O. The number of carbonyl (C=O) groups excluding carboxylic acids is 1. The van der Waals surface area contributed by atoms with Gasteiger partial charge in [0.25, 0.3) is 5.91 Å². The molecule has 0 radical (unpaired) electrons. The summed E-state index contributed by atoms with van der Waals surface area (Å²) in [5.74, 6) is 0.0736.